The zero-order valence-corrected chi connectivity index (χ0v) is 12.7. The highest BCUT2D eigenvalue weighted by molar-refractivity contribution is 6.03. The minimum absolute atomic E-state index is 0.228. The molecule has 24 heavy (non-hydrogen) atoms. The van der Waals surface area contributed by atoms with E-state index in [1.165, 1.54) is 17.0 Å². The Bertz CT molecular complexity index is 1140. The molecule has 4 aromatic rings. The molecule has 1 aromatic carbocycles. The maximum absolute atomic E-state index is 12.3. The summed E-state index contributed by atoms with van der Waals surface area (Å²) in [6, 6.07) is 9.26. The number of amides is 1. The number of carbonyl (C=O) groups excluding carboxylic acids is 1. The van der Waals surface area contributed by atoms with E-state index in [-0.39, 0.29) is 5.69 Å². The summed E-state index contributed by atoms with van der Waals surface area (Å²) >= 11 is 0. The van der Waals surface area contributed by atoms with Crippen LogP contribution in [0.15, 0.2) is 53.7 Å². The Hall–Kier alpha value is -3.55. The first kappa shape index (κ1) is 14.1. The van der Waals surface area contributed by atoms with E-state index < -0.39 is 11.6 Å². The van der Waals surface area contributed by atoms with Gasteiger partial charge in [0.1, 0.15) is 5.69 Å². The molecule has 0 aliphatic rings. The third-order valence-corrected chi connectivity index (χ3v) is 3.62. The number of imidazole rings is 1. The molecule has 1 N–H and O–H groups in total. The molecule has 118 valence electrons. The van der Waals surface area contributed by atoms with Gasteiger partial charge in [0.15, 0.2) is 0 Å². The second kappa shape index (κ2) is 5.27. The van der Waals surface area contributed by atoms with Gasteiger partial charge in [0.25, 0.3) is 5.91 Å². The average molecular weight is 320 g/mol. The number of rotatable bonds is 2. The van der Waals surface area contributed by atoms with Gasteiger partial charge in [-0.1, -0.05) is 12.1 Å². The SMILES string of the molecule is Cn1cc(NC(=O)c2ccn3c(n2)nc2ccccc23)cnc1=O. The lowest BCUT2D eigenvalue weighted by Crippen LogP contribution is -2.21. The monoisotopic (exact) mass is 320 g/mol. The first-order chi connectivity index (χ1) is 11.6. The molecular weight excluding hydrogens is 308 g/mol. The summed E-state index contributed by atoms with van der Waals surface area (Å²) in [5.74, 6) is 0.0486. The molecule has 4 rings (SSSR count). The molecule has 0 saturated carbocycles. The largest absolute Gasteiger partial charge is 0.347 e. The lowest BCUT2D eigenvalue weighted by Gasteiger charge is -2.05. The zero-order chi connectivity index (χ0) is 16.7. The van der Waals surface area contributed by atoms with Crippen LogP contribution < -0.4 is 11.0 Å². The van der Waals surface area contributed by atoms with Crippen LogP contribution in [0.2, 0.25) is 0 Å². The smallest absolute Gasteiger partial charge is 0.318 e. The van der Waals surface area contributed by atoms with E-state index in [1.54, 1.807) is 19.3 Å². The Balaban J connectivity index is 1.70. The van der Waals surface area contributed by atoms with E-state index in [0.29, 0.717) is 11.5 Å². The van der Waals surface area contributed by atoms with Gasteiger partial charge in [-0.2, -0.15) is 4.98 Å². The first-order valence-electron chi connectivity index (χ1n) is 7.20. The number of benzene rings is 1. The molecule has 8 nitrogen and oxygen atoms in total. The third-order valence-electron chi connectivity index (χ3n) is 3.62. The molecule has 0 bridgehead atoms. The van der Waals surface area contributed by atoms with Crippen LogP contribution in [0, 0.1) is 0 Å². The topological polar surface area (TPSA) is 94.2 Å². The van der Waals surface area contributed by atoms with Crippen LogP contribution in [-0.4, -0.2) is 29.8 Å². The summed E-state index contributed by atoms with van der Waals surface area (Å²) in [6.45, 7) is 0. The number of nitrogens with zero attached hydrogens (tertiary/aromatic N) is 5. The Kier molecular flexibility index (Phi) is 3.09. The minimum atomic E-state index is -0.398. The fourth-order valence-electron chi connectivity index (χ4n) is 2.45. The highest BCUT2D eigenvalue weighted by Gasteiger charge is 2.12. The number of aryl methyl sites for hydroxylation is 1. The van der Waals surface area contributed by atoms with Gasteiger partial charge in [-0.15, -0.1) is 0 Å². The molecule has 0 atom stereocenters. The van der Waals surface area contributed by atoms with Gasteiger partial charge in [-0.3, -0.25) is 9.20 Å². The van der Waals surface area contributed by atoms with Gasteiger partial charge < -0.3 is 9.88 Å². The first-order valence-corrected chi connectivity index (χ1v) is 7.20. The summed E-state index contributed by atoms with van der Waals surface area (Å²) in [4.78, 5) is 36.0. The molecule has 0 aliphatic carbocycles. The van der Waals surface area contributed by atoms with Crippen molar-refractivity contribution in [2.75, 3.05) is 5.32 Å². The average Bonchev–Trinajstić information content (AvgIpc) is 2.96. The highest BCUT2D eigenvalue weighted by atomic mass is 16.2. The number of carbonyl (C=O) groups is 1. The van der Waals surface area contributed by atoms with Gasteiger partial charge in [0, 0.05) is 19.4 Å². The third kappa shape index (κ3) is 2.30. The van der Waals surface area contributed by atoms with Crippen molar-refractivity contribution in [3.63, 3.8) is 0 Å². The van der Waals surface area contributed by atoms with Crippen LogP contribution in [0.3, 0.4) is 0 Å². The molecule has 0 saturated heterocycles. The summed E-state index contributed by atoms with van der Waals surface area (Å²) in [5, 5.41) is 2.66. The van der Waals surface area contributed by atoms with Crippen LogP contribution in [0.25, 0.3) is 16.8 Å². The normalized spacial score (nSPS) is 11.0. The Morgan fingerprint density at radius 3 is 2.83 bits per heavy atom. The van der Waals surface area contributed by atoms with Gasteiger partial charge in [0.2, 0.25) is 5.78 Å². The van der Waals surface area contributed by atoms with Crippen LogP contribution in [0.1, 0.15) is 10.5 Å². The van der Waals surface area contributed by atoms with Gasteiger partial charge in [0.05, 0.1) is 22.9 Å². The van der Waals surface area contributed by atoms with Crippen molar-refractivity contribution in [1.82, 2.24) is 23.9 Å². The lowest BCUT2D eigenvalue weighted by molar-refractivity contribution is 0.102. The van der Waals surface area contributed by atoms with Crippen molar-refractivity contribution in [2.24, 2.45) is 7.05 Å². The molecule has 0 spiro atoms. The van der Waals surface area contributed by atoms with Crippen LogP contribution in [0.5, 0.6) is 0 Å². The molecule has 3 aromatic heterocycles. The second-order valence-electron chi connectivity index (χ2n) is 5.27. The van der Waals surface area contributed by atoms with Crippen molar-refractivity contribution in [3.8, 4) is 0 Å². The standard InChI is InChI=1S/C16H12N6O2/c1-21-9-10(8-17-16(21)24)18-14(23)12-6-7-22-13-5-3-2-4-11(13)19-15(22)20-12/h2-9H,1H3,(H,18,23). The molecule has 0 radical (unpaired) electrons. The molecule has 3 heterocycles. The number of aromatic nitrogens is 5. The van der Waals surface area contributed by atoms with E-state index in [2.05, 4.69) is 20.3 Å². The van der Waals surface area contributed by atoms with Crippen LogP contribution >= 0.6 is 0 Å². The molecule has 0 aliphatic heterocycles. The van der Waals surface area contributed by atoms with Crippen molar-refractivity contribution in [2.45, 2.75) is 0 Å². The number of para-hydroxylation sites is 2. The number of nitrogens with one attached hydrogen (secondary N) is 1. The van der Waals surface area contributed by atoms with Crippen LogP contribution in [0.4, 0.5) is 5.69 Å². The fraction of sp³-hybridized carbons (Fsp3) is 0.0625. The van der Waals surface area contributed by atoms with Gasteiger partial charge in [-0.25, -0.2) is 14.8 Å². The fourth-order valence-corrected chi connectivity index (χ4v) is 2.45. The Morgan fingerprint density at radius 2 is 2.00 bits per heavy atom. The van der Waals surface area contributed by atoms with Gasteiger partial charge in [-0.05, 0) is 18.2 Å². The highest BCUT2D eigenvalue weighted by Crippen LogP contribution is 2.15. The quantitative estimate of drug-likeness (QED) is 0.599. The van der Waals surface area contributed by atoms with Gasteiger partial charge >= 0.3 is 5.69 Å². The van der Waals surface area contributed by atoms with E-state index in [9.17, 15) is 9.59 Å². The Labute approximate surface area is 135 Å². The molecule has 8 heteroatoms. The predicted octanol–water partition coefficient (Wildman–Crippen LogP) is 1.23. The van der Waals surface area contributed by atoms with Crippen LogP contribution in [-0.2, 0) is 7.05 Å². The lowest BCUT2D eigenvalue weighted by atomic mass is 10.3. The number of anilines is 1. The van der Waals surface area contributed by atoms with Crippen molar-refractivity contribution >= 4 is 28.4 Å². The van der Waals surface area contributed by atoms with E-state index in [1.807, 2.05) is 28.7 Å². The maximum Gasteiger partial charge on any atom is 0.347 e. The van der Waals surface area contributed by atoms with E-state index >= 15 is 0 Å². The maximum atomic E-state index is 12.3. The summed E-state index contributed by atoms with van der Waals surface area (Å²) < 4.78 is 3.10. The number of fused-ring (bicyclic) bond motifs is 3. The molecule has 0 unspecified atom stereocenters. The summed E-state index contributed by atoms with van der Waals surface area (Å²) in [6.07, 6.45) is 4.56. The van der Waals surface area contributed by atoms with E-state index in [4.69, 9.17) is 0 Å². The Morgan fingerprint density at radius 1 is 1.17 bits per heavy atom. The summed E-state index contributed by atoms with van der Waals surface area (Å²) in [7, 11) is 1.56. The van der Waals surface area contributed by atoms with Crippen molar-refractivity contribution in [3.05, 3.63) is 65.1 Å². The number of hydrogen-bond donors (Lipinski definition) is 1. The van der Waals surface area contributed by atoms with Crippen molar-refractivity contribution < 1.29 is 4.79 Å². The van der Waals surface area contributed by atoms with Crippen molar-refractivity contribution in [1.29, 1.82) is 0 Å². The molecule has 0 fully saturated rings. The minimum Gasteiger partial charge on any atom is -0.318 e. The molecule has 1 amide bonds. The summed E-state index contributed by atoms with van der Waals surface area (Å²) in [5.41, 5.74) is 1.99. The molecular formula is C16H12N6O2. The van der Waals surface area contributed by atoms with E-state index in [0.717, 1.165) is 11.0 Å². The predicted molar refractivity (Wildman–Crippen MR) is 87.9 cm³/mol. The zero-order valence-electron chi connectivity index (χ0n) is 12.7. The second-order valence-corrected chi connectivity index (χ2v) is 5.27. The number of hydrogen-bond acceptors (Lipinski definition) is 5.